The third-order valence-corrected chi connectivity index (χ3v) is 4.26. The number of rotatable bonds is 5. The van der Waals surface area contributed by atoms with Crippen molar-refractivity contribution in [3.05, 3.63) is 27.4 Å². The lowest BCUT2D eigenvalue weighted by Gasteiger charge is -2.36. The first-order valence-corrected chi connectivity index (χ1v) is 7.04. The molecule has 1 N–H and O–H groups in total. The Morgan fingerprint density at radius 2 is 2.10 bits per heavy atom. The van der Waals surface area contributed by atoms with Crippen LogP contribution in [0.2, 0.25) is 5.15 Å². The van der Waals surface area contributed by atoms with Crippen molar-refractivity contribution in [2.45, 2.75) is 31.2 Å². The maximum atomic E-state index is 10.8. The lowest BCUT2D eigenvalue weighted by molar-refractivity contribution is -0.384. The van der Waals surface area contributed by atoms with Gasteiger partial charge in [-0.15, -0.1) is 0 Å². The van der Waals surface area contributed by atoms with Crippen molar-refractivity contribution in [2.24, 2.45) is 0 Å². The van der Waals surface area contributed by atoms with E-state index in [-0.39, 0.29) is 16.4 Å². The first-order chi connectivity index (χ1) is 9.43. The van der Waals surface area contributed by atoms with E-state index in [1.54, 1.807) is 0 Å². The molecule has 0 radical (unpaired) electrons. The molecule has 1 fully saturated rings. The van der Waals surface area contributed by atoms with E-state index in [9.17, 15) is 10.1 Å². The number of hydrogen-bond acceptors (Lipinski definition) is 5. The van der Waals surface area contributed by atoms with Crippen molar-refractivity contribution in [1.82, 2.24) is 9.88 Å². The molecular formula is C13H19ClN4O2. The lowest BCUT2D eigenvalue weighted by Crippen LogP contribution is -2.47. The van der Waals surface area contributed by atoms with E-state index in [1.165, 1.54) is 25.0 Å². The van der Waals surface area contributed by atoms with Crippen LogP contribution < -0.4 is 5.32 Å². The van der Waals surface area contributed by atoms with Gasteiger partial charge in [-0.25, -0.2) is 4.98 Å². The van der Waals surface area contributed by atoms with Gasteiger partial charge >= 0.3 is 0 Å². The monoisotopic (exact) mass is 298 g/mol. The maximum Gasteiger partial charge on any atom is 0.276 e. The van der Waals surface area contributed by atoms with E-state index in [1.807, 2.05) is 0 Å². The number of aromatic nitrogens is 1. The number of halogens is 1. The molecule has 1 heterocycles. The summed E-state index contributed by atoms with van der Waals surface area (Å²) in [4.78, 5) is 16.7. The second-order valence-corrected chi connectivity index (χ2v) is 5.86. The molecule has 7 heteroatoms. The summed E-state index contributed by atoms with van der Waals surface area (Å²) in [6.45, 7) is 0.713. The summed E-state index contributed by atoms with van der Waals surface area (Å²) in [6, 6.07) is 2.67. The molecule has 1 aromatic heterocycles. The van der Waals surface area contributed by atoms with Crippen LogP contribution in [0.3, 0.4) is 0 Å². The lowest BCUT2D eigenvalue weighted by atomic mass is 9.96. The highest BCUT2D eigenvalue weighted by Crippen LogP contribution is 2.34. The molecule has 0 unspecified atom stereocenters. The fourth-order valence-electron chi connectivity index (χ4n) is 2.75. The molecule has 2 rings (SSSR count). The Kier molecular flexibility index (Phi) is 4.45. The summed E-state index contributed by atoms with van der Waals surface area (Å²) in [5.41, 5.74) is 0.0523. The minimum atomic E-state index is -0.462. The van der Waals surface area contributed by atoms with E-state index in [0.717, 1.165) is 12.8 Å². The van der Waals surface area contributed by atoms with Crippen LogP contribution in [0.5, 0.6) is 0 Å². The predicted molar refractivity (Wildman–Crippen MR) is 79.3 cm³/mol. The maximum absolute atomic E-state index is 10.8. The number of anilines is 1. The van der Waals surface area contributed by atoms with Gasteiger partial charge in [-0.2, -0.15) is 0 Å². The summed E-state index contributed by atoms with van der Waals surface area (Å²) in [7, 11) is 4.14. The standard InChI is InChI=1S/C13H19ClN4O2/c1-17(2)13(5-3-4-6-13)9-15-12-8-10(18(19)20)7-11(14)16-12/h7-8H,3-6,9H2,1-2H3,(H,15,16). The van der Waals surface area contributed by atoms with E-state index in [4.69, 9.17) is 11.6 Å². The molecule has 110 valence electrons. The molecule has 0 aliphatic heterocycles. The third kappa shape index (κ3) is 3.19. The number of nitrogens with zero attached hydrogens (tertiary/aromatic N) is 3. The second-order valence-electron chi connectivity index (χ2n) is 5.47. The Balaban J connectivity index is 2.12. The quantitative estimate of drug-likeness (QED) is 0.514. The van der Waals surface area contributed by atoms with Gasteiger partial charge in [0.2, 0.25) is 0 Å². The van der Waals surface area contributed by atoms with Crippen LogP contribution >= 0.6 is 11.6 Å². The van der Waals surface area contributed by atoms with E-state index < -0.39 is 4.92 Å². The number of pyridine rings is 1. The zero-order chi connectivity index (χ0) is 14.8. The summed E-state index contributed by atoms with van der Waals surface area (Å²) in [5.74, 6) is 0.456. The minimum absolute atomic E-state index is 0.0437. The molecule has 1 aliphatic carbocycles. The van der Waals surface area contributed by atoms with Crippen LogP contribution in [0.15, 0.2) is 12.1 Å². The van der Waals surface area contributed by atoms with Gasteiger partial charge in [0.25, 0.3) is 5.69 Å². The first kappa shape index (κ1) is 15.0. The Hall–Kier alpha value is -1.40. The van der Waals surface area contributed by atoms with Crippen molar-refractivity contribution in [3.8, 4) is 0 Å². The topological polar surface area (TPSA) is 71.3 Å². The molecule has 0 bridgehead atoms. The van der Waals surface area contributed by atoms with Crippen molar-refractivity contribution in [3.63, 3.8) is 0 Å². The summed E-state index contributed by atoms with van der Waals surface area (Å²) in [5, 5.41) is 14.2. The highest BCUT2D eigenvalue weighted by molar-refractivity contribution is 6.29. The van der Waals surface area contributed by atoms with Gasteiger partial charge in [-0.3, -0.25) is 10.1 Å². The molecule has 20 heavy (non-hydrogen) atoms. The molecule has 0 atom stereocenters. The van der Waals surface area contributed by atoms with Crippen LogP contribution in [-0.4, -0.2) is 41.0 Å². The van der Waals surface area contributed by atoms with Crippen LogP contribution in [-0.2, 0) is 0 Å². The fourth-order valence-corrected chi connectivity index (χ4v) is 2.95. The van der Waals surface area contributed by atoms with Gasteiger partial charge in [-0.1, -0.05) is 24.4 Å². The molecule has 6 nitrogen and oxygen atoms in total. The highest BCUT2D eigenvalue weighted by atomic mass is 35.5. The van der Waals surface area contributed by atoms with Gasteiger partial charge < -0.3 is 10.2 Å². The van der Waals surface area contributed by atoms with Crippen LogP contribution in [0.25, 0.3) is 0 Å². The van der Waals surface area contributed by atoms with Crippen LogP contribution in [0.4, 0.5) is 11.5 Å². The molecule has 1 aliphatic rings. The number of nitro groups is 1. The Morgan fingerprint density at radius 3 is 2.65 bits per heavy atom. The molecule has 0 aromatic carbocycles. The Bertz CT molecular complexity index is 501. The van der Waals surface area contributed by atoms with Crippen molar-refractivity contribution >= 4 is 23.1 Å². The van der Waals surface area contributed by atoms with Crippen molar-refractivity contribution in [2.75, 3.05) is 26.0 Å². The summed E-state index contributed by atoms with van der Waals surface area (Å²) >= 11 is 5.82. The van der Waals surface area contributed by atoms with Gasteiger partial charge in [-0.05, 0) is 26.9 Å². The number of hydrogen-bond donors (Lipinski definition) is 1. The molecule has 0 spiro atoms. The number of nitrogens with one attached hydrogen (secondary N) is 1. The molecule has 0 amide bonds. The van der Waals surface area contributed by atoms with E-state index in [2.05, 4.69) is 29.3 Å². The van der Waals surface area contributed by atoms with Gasteiger partial charge in [0.1, 0.15) is 11.0 Å². The normalized spacial score (nSPS) is 17.4. The smallest absolute Gasteiger partial charge is 0.276 e. The summed E-state index contributed by atoms with van der Waals surface area (Å²) < 4.78 is 0. The van der Waals surface area contributed by atoms with Crippen LogP contribution in [0.1, 0.15) is 25.7 Å². The predicted octanol–water partition coefficient (Wildman–Crippen LogP) is 2.93. The largest absolute Gasteiger partial charge is 0.368 e. The molecular weight excluding hydrogens is 280 g/mol. The molecule has 0 saturated heterocycles. The zero-order valence-corrected chi connectivity index (χ0v) is 12.5. The van der Waals surface area contributed by atoms with Crippen LogP contribution in [0, 0.1) is 10.1 Å². The fraction of sp³-hybridized carbons (Fsp3) is 0.615. The highest BCUT2D eigenvalue weighted by Gasteiger charge is 2.35. The van der Waals surface area contributed by atoms with Crippen molar-refractivity contribution in [1.29, 1.82) is 0 Å². The Labute approximate surface area is 123 Å². The van der Waals surface area contributed by atoms with Gasteiger partial charge in [0.05, 0.1) is 17.1 Å². The average molecular weight is 299 g/mol. The molecule has 1 aromatic rings. The third-order valence-electron chi connectivity index (χ3n) is 4.07. The first-order valence-electron chi connectivity index (χ1n) is 6.66. The Morgan fingerprint density at radius 1 is 1.45 bits per heavy atom. The van der Waals surface area contributed by atoms with E-state index >= 15 is 0 Å². The van der Waals surface area contributed by atoms with Crippen molar-refractivity contribution < 1.29 is 4.92 Å². The zero-order valence-electron chi connectivity index (χ0n) is 11.7. The minimum Gasteiger partial charge on any atom is -0.368 e. The van der Waals surface area contributed by atoms with Gasteiger partial charge in [0, 0.05) is 12.1 Å². The van der Waals surface area contributed by atoms with Gasteiger partial charge in [0.15, 0.2) is 0 Å². The summed E-state index contributed by atoms with van der Waals surface area (Å²) in [6.07, 6.45) is 4.66. The average Bonchev–Trinajstić information content (AvgIpc) is 2.86. The SMILES string of the molecule is CN(C)C1(CNc2cc([N+](=O)[O-])cc(Cl)n2)CCCC1. The molecule has 1 saturated carbocycles. The second kappa shape index (κ2) is 5.93. The van der Waals surface area contributed by atoms with E-state index in [0.29, 0.717) is 12.4 Å². The number of likely N-dealkylation sites (N-methyl/N-ethyl adjacent to an activating group) is 1.